The topological polar surface area (TPSA) is 9.23 Å². The van der Waals surface area contributed by atoms with Crippen molar-refractivity contribution in [2.24, 2.45) is 23.7 Å². The average molecular weight is 381 g/mol. The number of rotatable bonds is 10. The lowest BCUT2D eigenvalue weighted by molar-refractivity contribution is 0.187. The monoisotopic (exact) mass is 380 g/mol. The van der Waals surface area contributed by atoms with Crippen LogP contribution >= 0.6 is 0 Å². The predicted molar refractivity (Wildman–Crippen MR) is 122 cm³/mol. The molecule has 0 bridgehead atoms. The summed E-state index contributed by atoms with van der Waals surface area (Å²) in [6.07, 6.45) is 14.0. The predicted octanol–water partition coefficient (Wildman–Crippen LogP) is 8.02. The highest BCUT2D eigenvalue weighted by atomic mass is 16.5. The van der Waals surface area contributed by atoms with Crippen molar-refractivity contribution in [3.63, 3.8) is 0 Å². The van der Waals surface area contributed by atoms with Crippen molar-refractivity contribution in [3.8, 4) is 0 Å². The second-order valence-electron chi connectivity index (χ2n) is 9.09. The van der Waals surface area contributed by atoms with Crippen LogP contribution in [-0.2, 0) is 11.3 Å². The highest BCUT2D eigenvalue weighted by Gasteiger charge is 2.16. The zero-order valence-corrected chi connectivity index (χ0v) is 18.9. The molecule has 1 heteroatoms. The van der Waals surface area contributed by atoms with Crippen LogP contribution in [0.1, 0.15) is 71.4 Å². The van der Waals surface area contributed by atoms with Crippen molar-refractivity contribution in [2.75, 3.05) is 0 Å². The number of hydrogen-bond acceptors (Lipinski definition) is 1. The summed E-state index contributed by atoms with van der Waals surface area (Å²) in [4.78, 5) is 0. The van der Waals surface area contributed by atoms with Gasteiger partial charge in [-0.15, -0.1) is 0 Å². The van der Waals surface area contributed by atoms with Gasteiger partial charge in [-0.3, -0.25) is 0 Å². The van der Waals surface area contributed by atoms with E-state index in [-0.39, 0.29) is 0 Å². The van der Waals surface area contributed by atoms with Crippen molar-refractivity contribution in [3.05, 3.63) is 71.0 Å². The minimum absolute atomic E-state index is 0.648. The Morgan fingerprint density at radius 1 is 0.893 bits per heavy atom. The van der Waals surface area contributed by atoms with E-state index in [1.165, 1.54) is 24.0 Å². The highest BCUT2D eigenvalue weighted by Crippen LogP contribution is 2.30. The zero-order chi connectivity index (χ0) is 20.5. The molecule has 0 spiro atoms. The fourth-order valence-electron chi connectivity index (χ4n) is 3.57. The van der Waals surface area contributed by atoms with E-state index >= 15 is 0 Å². The summed E-state index contributed by atoms with van der Waals surface area (Å²) in [6.45, 7) is 14.4. The molecule has 1 aromatic carbocycles. The minimum atomic E-state index is 0.648. The van der Waals surface area contributed by atoms with E-state index in [0.29, 0.717) is 24.4 Å². The summed E-state index contributed by atoms with van der Waals surface area (Å²) < 4.78 is 6.02. The number of ether oxygens (including phenoxy) is 1. The molecular weight excluding hydrogens is 340 g/mol. The SMILES string of the molecule is Cc1ccc(COC2=CC=C(C(C)CCC(C)C(C)/C=C\C(C)C)CC2)cc1. The Balaban J connectivity index is 1.78. The van der Waals surface area contributed by atoms with Crippen LogP contribution in [0.3, 0.4) is 0 Å². The largest absolute Gasteiger partial charge is 0.493 e. The average Bonchev–Trinajstić information content (AvgIpc) is 2.69. The maximum Gasteiger partial charge on any atom is 0.113 e. The third-order valence-electron chi connectivity index (χ3n) is 6.07. The summed E-state index contributed by atoms with van der Waals surface area (Å²) >= 11 is 0. The van der Waals surface area contributed by atoms with Gasteiger partial charge in [-0.05, 0) is 61.5 Å². The summed E-state index contributed by atoms with van der Waals surface area (Å²) in [5.74, 6) is 3.84. The lowest BCUT2D eigenvalue weighted by atomic mass is 9.84. The molecule has 0 saturated carbocycles. The molecule has 154 valence electrons. The molecule has 1 nitrogen and oxygen atoms in total. The van der Waals surface area contributed by atoms with E-state index in [1.54, 1.807) is 5.57 Å². The lowest BCUT2D eigenvalue weighted by Gasteiger charge is -2.23. The first-order chi connectivity index (χ1) is 13.3. The van der Waals surface area contributed by atoms with Gasteiger partial charge in [-0.2, -0.15) is 0 Å². The Morgan fingerprint density at radius 2 is 1.61 bits per heavy atom. The Bertz CT molecular complexity index is 675. The van der Waals surface area contributed by atoms with Crippen LogP contribution in [0.4, 0.5) is 0 Å². The van der Waals surface area contributed by atoms with Gasteiger partial charge in [0.15, 0.2) is 0 Å². The van der Waals surface area contributed by atoms with Crippen molar-refractivity contribution < 1.29 is 4.74 Å². The van der Waals surface area contributed by atoms with Crippen LogP contribution in [0, 0.1) is 30.6 Å². The van der Waals surface area contributed by atoms with Crippen LogP contribution in [-0.4, -0.2) is 0 Å². The molecule has 2 rings (SSSR count). The maximum absolute atomic E-state index is 6.02. The van der Waals surface area contributed by atoms with E-state index in [2.05, 4.69) is 90.1 Å². The van der Waals surface area contributed by atoms with Gasteiger partial charge in [0.05, 0.1) is 5.76 Å². The van der Waals surface area contributed by atoms with Gasteiger partial charge < -0.3 is 4.74 Å². The summed E-state index contributed by atoms with van der Waals surface area (Å²) in [7, 11) is 0. The zero-order valence-electron chi connectivity index (χ0n) is 18.9. The summed E-state index contributed by atoms with van der Waals surface area (Å²) in [6, 6.07) is 8.60. The third kappa shape index (κ3) is 7.70. The molecule has 0 radical (unpaired) electrons. The molecule has 28 heavy (non-hydrogen) atoms. The van der Waals surface area contributed by atoms with Crippen LogP contribution < -0.4 is 0 Å². The number of benzene rings is 1. The number of allylic oxidation sites excluding steroid dienone is 6. The van der Waals surface area contributed by atoms with Gasteiger partial charge in [0.1, 0.15) is 6.61 Å². The van der Waals surface area contributed by atoms with E-state index < -0.39 is 0 Å². The molecule has 1 aromatic rings. The van der Waals surface area contributed by atoms with E-state index in [0.717, 1.165) is 24.5 Å². The lowest BCUT2D eigenvalue weighted by Crippen LogP contribution is -2.10. The molecule has 0 fully saturated rings. The van der Waals surface area contributed by atoms with Crippen LogP contribution in [0.5, 0.6) is 0 Å². The smallest absolute Gasteiger partial charge is 0.113 e. The van der Waals surface area contributed by atoms with Crippen LogP contribution in [0.15, 0.2) is 59.9 Å². The van der Waals surface area contributed by atoms with Crippen molar-refractivity contribution in [1.29, 1.82) is 0 Å². The Morgan fingerprint density at radius 3 is 2.21 bits per heavy atom. The molecule has 3 unspecified atom stereocenters. The molecular formula is C27H40O. The van der Waals surface area contributed by atoms with E-state index in [9.17, 15) is 0 Å². The summed E-state index contributed by atoms with van der Waals surface area (Å²) in [5.41, 5.74) is 4.12. The Labute approximate surface area is 173 Å². The molecule has 3 atom stereocenters. The molecule has 0 amide bonds. The molecule has 1 aliphatic carbocycles. The molecule has 1 aliphatic rings. The fraction of sp³-hybridized carbons (Fsp3) is 0.556. The third-order valence-corrected chi connectivity index (χ3v) is 6.07. The molecule has 0 aliphatic heterocycles. The van der Waals surface area contributed by atoms with Crippen LogP contribution in [0.25, 0.3) is 0 Å². The second-order valence-corrected chi connectivity index (χ2v) is 9.09. The van der Waals surface area contributed by atoms with E-state index in [4.69, 9.17) is 4.74 Å². The number of hydrogen-bond donors (Lipinski definition) is 0. The van der Waals surface area contributed by atoms with Gasteiger partial charge >= 0.3 is 0 Å². The van der Waals surface area contributed by atoms with Gasteiger partial charge in [-0.1, -0.05) is 88.2 Å². The van der Waals surface area contributed by atoms with E-state index in [1.807, 2.05) is 0 Å². The second kappa shape index (κ2) is 11.3. The quantitative estimate of drug-likeness (QED) is 0.373. The minimum Gasteiger partial charge on any atom is -0.493 e. The van der Waals surface area contributed by atoms with Gasteiger partial charge in [0, 0.05) is 6.42 Å². The summed E-state index contributed by atoms with van der Waals surface area (Å²) in [5, 5.41) is 0. The van der Waals surface area contributed by atoms with Crippen molar-refractivity contribution in [1.82, 2.24) is 0 Å². The normalized spacial score (nSPS) is 18.0. The van der Waals surface area contributed by atoms with Gasteiger partial charge in [0.2, 0.25) is 0 Å². The van der Waals surface area contributed by atoms with Crippen molar-refractivity contribution >= 4 is 0 Å². The molecule has 0 heterocycles. The van der Waals surface area contributed by atoms with Crippen molar-refractivity contribution in [2.45, 2.75) is 73.8 Å². The first-order valence-electron chi connectivity index (χ1n) is 11.1. The molecule has 0 aromatic heterocycles. The Hall–Kier alpha value is -1.76. The van der Waals surface area contributed by atoms with Gasteiger partial charge in [-0.25, -0.2) is 0 Å². The standard InChI is InChI=1S/C27H40O/c1-20(2)7-10-22(4)23(5)11-12-24(6)26-15-17-27(18-16-26)28-19-25-13-8-21(3)9-14-25/h7-10,13-15,17,20,22-24H,11-12,16,18-19H2,1-6H3/b10-7-. The van der Waals surface area contributed by atoms with Gasteiger partial charge in [0.25, 0.3) is 0 Å². The molecule has 0 saturated heterocycles. The first kappa shape index (κ1) is 22.5. The number of aryl methyl sites for hydroxylation is 1. The Kier molecular flexibility index (Phi) is 9.09. The first-order valence-corrected chi connectivity index (χ1v) is 11.1. The molecule has 0 N–H and O–H groups in total. The highest BCUT2D eigenvalue weighted by molar-refractivity contribution is 5.24. The van der Waals surface area contributed by atoms with Crippen LogP contribution in [0.2, 0.25) is 0 Å². The fourth-order valence-corrected chi connectivity index (χ4v) is 3.57. The maximum atomic E-state index is 6.02.